The van der Waals surface area contributed by atoms with Crippen LogP contribution in [0, 0.1) is 5.92 Å². The molecule has 1 rings (SSSR count). The molecule has 1 heterocycles. The highest BCUT2D eigenvalue weighted by Crippen LogP contribution is 2.22. The van der Waals surface area contributed by atoms with Crippen molar-refractivity contribution in [2.24, 2.45) is 5.92 Å². The fraction of sp³-hybridized carbons (Fsp3) is 0.588. The van der Waals surface area contributed by atoms with E-state index in [9.17, 15) is 9.59 Å². The Kier molecular flexibility index (Phi) is 6.71. The lowest BCUT2D eigenvalue weighted by atomic mass is 9.99. The first-order valence-corrected chi connectivity index (χ1v) is 7.92. The number of ether oxygens (including phenoxy) is 1. The fourth-order valence-electron chi connectivity index (χ4n) is 2.25. The first-order valence-electron chi connectivity index (χ1n) is 7.92. The molecule has 0 bridgehead atoms. The second kappa shape index (κ2) is 8.10. The Bertz CT molecular complexity index is 581. The summed E-state index contributed by atoms with van der Waals surface area (Å²) in [5, 5.41) is 5.99. The zero-order chi connectivity index (χ0) is 18.5. The average molecular weight is 336 g/mol. The monoisotopic (exact) mass is 336 g/mol. The number of hydrogen-bond donors (Lipinski definition) is 3. The number of nitrogen functional groups attached to an aromatic ring is 1. The standard InChI is InChI=1S/C17H28N4O3/c1-10(2)13(16(23)24-6)20-14(15(22)21-17(3,4)5)11-9-19-8-7-12(11)18/h7-10,13-14,20H,1-6H3,(H2,18,19)(H,21,22)/t13-,14?/m0/s1. The van der Waals surface area contributed by atoms with Crippen molar-refractivity contribution in [3.63, 3.8) is 0 Å². The van der Waals surface area contributed by atoms with E-state index in [1.165, 1.54) is 13.3 Å². The summed E-state index contributed by atoms with van der Waals surface area (Å²) >= 11 is 0. The molecule has 4 N–H and O–H groups in total. The number of nitrogens with zero attached hydrogens (tertiary/aromatic N) is 1. The van der Waals surface area contributed by atoms with Crippen molar-refractivity contribution in [2.75, 3.05) is 12.8 Å². The van der Waals surface area contributed by atoms with E-state index >= 15 is 0 Å². The minimum Gasteiger partial charge on any atom is -0.468 e. The molecule has 24 heavy (non-hydrogen) atoms. The van der Waals surface area contributed by atoms with Crippen LogP contribution in [0.1, 0.15) is 46.2 Å². The lowest BCUT2D eigenvalue weighted by Gasteiger charge is -2.29. The van der Waals surface area contributed by atoms with Crippen LogP contribution < -0.4 is 16.4 Å². The van der Waals surface area contributed by atoms with Gasteiger partial charge in [0, 0.05) is 29.2 Å². The van der Waals surface area contributed by atoms with Crippen LogP contribution in [0.25, 0.3) is 0 Å². The molecule has 0 aliphatic heterocycles. The van der Waals surface area contributed by atoms with E-state index in [0.29, 0.717) is 11.3 Å². The maximum atomic E-state index is 12.8. The van der Waals surface area contributed by atoms with Crippen molar-refractivity contribution in [2.45, 2.75) is 52.2 Å². The molecule has 0 spiro atoms. The first-order chi connectivity index (χ1) is 11.1. The average Bonchev–Trinajstić information content (AvgIpc) is 2.46. The van der Waals surface area contributed by atoms with Gasteiger partial charge >= 0.3 is 5.97 Å². The van der Waals surface area contributed by atoms with Gasteiger partial charge in [0.05, 0.1) is 7.11 Å². The number of pyridine rings is 1. The van der Waals surface area contributed by atoms with Gasteiger partial charge in [-0.05, 0) is 32.8 Å². The minimum atomic E-state index is -0.815. The van der Waals surface area contributed by atoms with Crippen molar-refractivity contribution < 1.29 is 14.3 Å². The number of nitrogens with two attached hydrogens (primary N) is 1. The van der Waals surface area contributed by atoms with Gasteiger partial charge in [0.1, 0.15) is 12.1 Å². The van der Waals surface area contributed by atoms with Gasteiger partial charge in [-0.3, -0.25) is 19.9 Å². The summed E-state index contributed by atoms with van der Waals surface area (Å²) in [5.41, 5.74) is 6.53. The third-order valence-corrected chi connectivity index (χ3v) is 3.43. The number of amides is 1. The van der Waals surface area contributed by atoms with Gasteiger partial charge in [-0.15, -0.1) is 0 Å². The lowest BCUT2D eigenvalue weighted by molar-refractivity contribution is -0.144. The maximum absolute atomic E-state index is 12.8. The van der Waals surface area contributed by atoms with Crippen molar-refractivity contribution in [1.29, 1.82) is 0 Å². The predicted octanol–water partition coefficient (Wildman–Crippen LogP) is 1.41. The second-order valence-electron chi connectivity index (χ2n) is 7.09. The molecule has 2 atom stereocenters. The highest BCUT2D eigenvalue weighted by atomic mass is 16.5. The molecule has 0 aromatic carbocycles. The molecule has 134 valence electrons. The molecule has 1 amide bonds. The van der Waals surface area contributed by atoms with Crippen LogP contribution in [0.4, 0.5) is 5.69 Å². The Morgan fingerprint density at radius 1 is 1.29 bits per heavy atom. The quantitative estimate of drug-likeness (QED) is 0.678. The minimum absolute atomic E-state index is 0.0692. The molecular formula is C17H28N4O3. The summed E-state index contributed by atoms with van der Waals surface area (Å²) < 4.78 is 4.84. The zero-order valence-electron chi connectivity index (χ0n) is 15.2. The topological polar surface area (TPSA) is 106 Å². The van der Waals surface area contributed by atoms with Crippen molar-refractivity contribution in [3.8, 4) is 0 Å². The molecule has 0 fully saturated rings. The van der Waals surface area contributed by atoms with Gasteiger partial charge in [0.25, 0.3) is 0 Å². The SMILES string of the molecule is COC(=O)[C@@H](NC(C(=O)NC(C)(C)C)c1cnccc1N)C(C)C. The normalized spacial score (nSPS) is 14.1. The molecule has 0 aliphatic rings. The van der Waals surface area contributed by atoms with Crippen molar-refractivity contribution in [3.05, 3.63) is 24.0 Å². The van der Waals surface area contributed by atoms with E-state index in [-0.39, 0.29) is 11.8 Å². The van der Waals surface area contributed by atoms with Crippen LogP contribution in [0.3, 0.4) is 0 Å². The van der Waals surface area contributed by atoms with Gasteiger partial charge in [-0.2, -0.15) is 0 Å². The number of carbonyl (C=O) groups excluding carboxylic acids is 2. The van der Waals surface area contributed by atoms with Gasteiger partial charge in [-0.1, -0.05) is 13.8 Å². The molecular weight excluding hydrogens is 308 g/mol. The summed E-state index contributed by atoms with van der Waals surface area (Å²) in [6.07, 6.45) is 3.09. The molecule has 0 aliphatic carbocycles. The predicted molar refractivity (Wildman–Crippen MR) is 93.1 cm³/mol. The third-order valence-electron chi connectivity index (χ3n) is 3.43. The van der Waals surface area contributed by atoms with Gasteiger partial charge < -0.3 is 15.8 Å². The second-order valence-corrected chi connectivity index (χ2v) is 7.09. The molecule has 0 radical (unpaired) electrons. The molecule has 7 nitrogen and oxygen atoms in total. The van der Waals surface area contributed by atoms with Crippen molar-refractivity contribution in [1.82, 2.24) is 15.6 Å². The van der Waals surface area contributed by atoms with E-state index in [0.717, 1.165) is 0 Å². The number of nitrogens with one attached hydrogen (secondary N) is 2. The van der Waals surface area contributed by atoms with Crippen LogP contribution in [-0.4, -0.2) is 35.6 Å². The number of carbonyl (C=O) groups is 2. The Morgan fingerprint density at radius 3 is 2.38 bits per heavy atom. The van der Waals surface area contributed by atoms with E-state index in [1.54, 1.807) is 12.3 Å². The largest absolute Gasteiger partial charge is 0.468 e. The van der Waals surface area contributed by atoms with Crippen molar-refractivity contribution >= 4 is 17.6 Å². The van der Waals surface area contributed by atoms with E-state index < -0.39 is 23.6 Å². The summed E-state index contributed by atoms with van der Waals surface area (Å²) in [4.78, 5) is 28.9. The fourth-order valence-corrected chi connectivity index (χ4v) is 2.25. The Morgan fingerprint density at radius 2 is 1.92 bits per heavy atom. The summed E-state index contributed by atoms with van der Waals surface area (Å²) in [6.45, 7) is 9.40. The Hall–Kier alpha value is -2.15. The molecule has 0 saturated carbocycles. The summed E-state index contributed by atoms with van der Waals surface area (Å²) in [7, 11) is 1.32. The van der Waals surface area contributed by atoms with Crippen LogP contribution in [0.2, 0.25) is 0 Å². The number of methoxy groups -OCH3 is 1. The van der Waals surface area contributed by atoms with E-state index in [1.807, 2.05) is 34.6 Å². The van der Waals surface area contributed by atoms with Crippen LogP contribution in [-0.2, 0) is 14.3 Å². The van der Waals surface area contributed by atoms with Crippen LogP contribution >= 0.6 is 0 Å². The molecule has 1 aromatic heterocycles. The van der Waals surface area contributed by atoms with Crippen LogP contribution in [0.5, 0.6) is 0 Å². The number of anilines is 1. The number of rotatable bonds is 6. The summed E-state index contributed by atoms with van der Waals surface area (Å²) in [6, 6.07) is 0.159. The summed E-state index contributed by atoms with van der Waals surface area (Å²) in [5.74, 6) is -0.780. The smallest absolute Gasteiger partial charge is 0.323 e. The Balaban J connectivity index is 3.21. The molecule has 7 heteroatoms. The van der Waals surface area contributed by atoms with E-state index in [2.05, 4.69) is 15.6 Å². The third kappa shape index (κ3) is 5.49. The van der Waals surface area contributed by atoms with Crippen LogP contribution in [0.15, 0.2) is 18.5 Å². The highest BCUT2D eigenvalue weighted by molar-refractivity contribution is 5.86. The molecule has 1 aromatic rings. The number of aromatic nitrogens is 1. The van der Waals surface area contributed by atoms with E-state index in [4.69, 9.17) is 10.5 Å². The Labute approximate surface area is 143 Å². The zero-order valence-corrected chi connectivity index (χ0v) is 15.2. The first kappa shape index (κ1) is 19.9. The number of esters is 1. The van der Waals surface area contributed by atoms with Gasteiger partial charge in [-0.25, -0.2) is 0 Å². The molecule has 0 saturated heterocycles. The van der Waals surface area contributed by atoms with Gasteiger partial charge in [0.15, 0.2) is 0 Å². The number of hydrogen-bond acceptors (Lipinski definition) is 6. The molecule has 1 unspecified atom stereocenters. The lowest BCUT2D eigenvalue weighted by Crippen LogP contribution is -2.51. The highest BCUT2D eigenvalue weighted by Gasteiger charge is 2.32. The van der Waals surface area contributed by atoms with Gasteiger partial charge in [0.2, 0.25) is 5.91 Å². The maximum Gasteiger partial charge on any atom is 0.323 e.